The highest BCUT2D eigenvalue weighted by Crippen LogP contribution is 2.26. The zero-order valence-corrected chi connectivity index (χ0v) is 14.9. The summed E-state index contributed by atoms with van der Waals surface area (Å²) in [5, 5.41) is 12.2. The van der Waals surface area contributed by atoms with E-state index in [1.807, 2.05) is 22.3 Å². The first kappa shape index (κ1) is 16.4. The van der Waals surface area contributed by atoms with Gasteiger partial charge in [0.05, 0.1) is 12.2 Å². The van der Waals surface area contributed by atoms with Gasteiger partial charge in [0.1, 0.15) is 18.0 Å². The van der Waals surface area contributed by atoms with Gasteiger partial charge in [0, 0.05) is 24.9 Å². The van der Waals surface area contributed by atoms with Crippen molar-refractivity contribution in [1.82, 2.24) is 29.4 Å². The minimum absolute atomic E-state index is 0.0623. The molecule has 0 aliphatic rings. The highest BCUT2D eigenvalue weighted by molar-refractivity contribution is 5.50. The van der Waals surface area contributed by atoms with Gasteiger partial charge in [0.15, 0.2) is 5.65 Å². The number of aryl methyl sites for hydroxylation is 1. The SMILES string of the molecule is CC(C)CC(Nc1cc(C(C)C)nc2ccnn12)c1ncnn1C. The van der Waals surface area contributed by atoms with E-state index in [1.165, 1.54) is 0 Å². The van der Waals surface area contributed by atoms with Crippen molar-refractivity contribution < 1.29 is 0 Å². The van der Waals surface area contributed by atoms with E-state index in [1.54, 1.807) is 12.5 Å². The summed E-state index contributed by atoms with van der Waals surface area (Å²) in [5.41, 5.74) is 1.90. The highest BCUT2D eigenvalue weighted by Gasteiger charge is 2.20. The molecule has 1 N–H and O–H groups in total. The molecule has 0 saturated heterocycles. The number of hydrogen-bond acceptors (Lipinski definition) is 5. The molecular formula is C17H25N7. The van der Waals surface area contributed by atoms with Gasteiger partial charge < -0.3 is 5.32 Å². The Bertz CT molecular complexity index is 815. The molecule has 0 amide bonds. The van der Waals surface area contributed by atoms with Crippen molar-refractivity contribution in [1.29, 1.82) is 0 Å². The van der Waals surface area contributed by atoms with E-state index in [2.05, 4.69) is 59.2 Å². The van der Waals surface area contributed by atoms with Gasteiger partial charge in [-0.2, -0.15) is 14.7 Å². The predicted molar refractivity (Wildman–Crippen MR) is 93.9 cm³/mol. The first-order valence-electron chi connectivity index (χ1n) is 8.40. The number of rotatable bonds is 6. The molecule has 3 heterocycles. The average Bonchev–Trinajstić information content (AvgIpc) is 3.14. The molecule has 0 saturated carbocycles. The van der Waals surface area contributed by atoms with Crippen molar-refractivity contribution in [2.75, 3.05) is 5.32 Å². The summed E-state index contributed by atoms with van der Waals surface area (Å²) >= 11 is 0. The van der Waals surface area contributed by atoms with Crippen LogP contribution in [0.25, 0.3) is 5.65 Å². The molecule has 0 fully saturated rings. The zero-order chi connectivity index (χ0) is 17.3. The molecule has 0 spiro atoms. The minimum atomic E-state index is 0.0623. The van der Waals surface area contributed by atoms with Crippen molar-refractivity contribution >= 4 is 11.5 Å². The first-order chi connectivity index (χ1) is 11.5. The summed E-state index contributed by atoms with van der Waals surface area (Å²) in [5.74, 6) is 2.73. The second-order valence-electron chi connectivity index (χ2n) is 6.89. The largest absolute Gasteiger partial charge is 0.360 e. The van der Waals surface area contributed by atoms with Gasteiger partial charge in [-0.3, -0.25) is 4.68 Å². The second kappa shape index (κ2) is 6.59. The van der Waals surface area contributed by atoms with Crippen LogP contribution in [-0.2, 0) is 7.05 Å². The molecule has 0 aliphatic carbocycles. The quantitative estimate of drug-likeness (QED) is 0.753. The summed E-state index contributed by atoms with van der Waals surface area (Å²) in [6, 6.07) is 4.07. The van der Waals surface area contributed by atoms with Crippen molar-refractivity contribution in [3.05, 3.63) is 36.2 Å². The fourth-order valence-electron chi connectivity index (χ4n) is 2.83. The molecule has 0 aliphatic heterocycles. The van der Waals surface area contributed by atoms with Crippen LogP contribution in [0.3, 0.4) is 0 Å². The van der Waals surface area contributed by atoms with Crippen molar-refractivity contribution in [2.45, 2.75) is 46.1 Å². The monoisotopic (exact) mass is 327 g/mol. The van der Waals surface area contributed by atoms with Crippen LogP contribution in [0, 0.1) is 5.92 Å². The summed E-state index contributed by atoms with van der Waals surface area (Å²) in [6.07, 6.45) is 4.33. The number of hydrogen-bond donors (Lipinski definition) is 1. The van der Waals surface area contributed by atoms with E-state index in [9.17, 15) is 0 Å². The maximum Gasteiger partial charge on any atom is 0.157 e. The van der Waals surface area contributed by atoms with Crippen LogP contribution < -0.4 is 5.32 Å². The molecule has 1 unspecified atom stereocenters. The molecule has 3 rings (SSSR count). The van der Waals surface area contributed by atoms with Gasteiger partial charge in [-0.15, -0.1) is 0 Å². The van der Waals surface area contributed by atoms with E-state index in [0.29, 0.717) is 11.8 Å². The topological polar surface area (TPSA) is 72.9 Å². The van der Waals surface area contributed by atoms with Crippen molar-refractivity contribution in [3.8, 4) is 0 Å². The fraction of sp³-hybridized carbons (Fsp3) is 0.529. The average molecular weight is 327 g/mol. The molecule has 0 bridgehead atoms. The molecule has 0 radical (unpaired) electrons. The van der Waals surface area contributed by atoms with Gasteiger partial charge in [-0.1, -0.05) is 27.7 Å². The van der Waals surface area contributed by atoms with Gasteiger partial charge >= 0.3 is 0 Å². The molecular weight excluding hydrogens is 302 g/mol. The molecule has 24 heavy (non-hydrogen) atoms. The van der Waals surface area contributed by atoms with Gasteiger partial charge in [-0.25, -0.2) is 9.97 Å². The summed E-state index contributed by atoms with van der Waals surface area (Å²) in [6.45, 7) is 8.71. The maximum absolute atomic E-state index is 4.67. The van der Waals surface area contributed by atoms with Gasteiger partial charge in [-0.05, 0) is 18.3 Å². The number of fused-ring (bicyclic) bond motifs is 1. The molecule has 0 aromatic carbocycles. The van der Waals surface area contributed by atoms with Gasteiger partial charge in [0.25, 0.3) is 0 Å². The molecule has 7 nitrogen and oxygen atoms in total. The lowest BCUT2D eigenvalue weighted by atomic mass is 10.0. The number of nitrogens with one attached hydrogen (secondary N) is 1. The molecule has 1 atom stereocenters. The predicted octanol–water partition coefficient (Wildman–Crippen LogP) is 3.18. The molecule has 7 heteroatoms. The third kappa shape index (κ3) is 3.25. The Morgan fingerprint density at radius 2 is 1.96 bits per heavy atom. The van der Waals surface area contributed by atoms with Crippen LogP contribution in [0.1, 0.15) is 57.6 Å². The highest BCUT2D eigenvalue weighted by atomic mass is 15.3. The lowest BCUT2D eigenvalue weighted by molar-refractivity contribution is 0.496. The Hall–Kier alpha value is -2.44. The van der Waals surface area contributed by atoms with Gasteiger partial charge in [0.2, 0.25) is 0 Å². The summed E-state index contributed by atoms with van der Waals surface area (Å²) in [7, 11) is 1.92. The molecule has 3 aromatic rings. The second-order valence-corrected chi connectivity index (χ2v) is 6.89. The van der Waals surface area contributed by atoms with E-state index in [4.69, 9.17) is 0 Å². The van der Waals surface area contributed by atoms with Crippen LogP contribution in [0.4, 0.5) is 5.82 Å². The third-order valence-corrected chi connectivity index (χ3v) is 4.06. The summed E-state index contributed by atoms with van der Waals surface area (Å²) in [4.78, 5) is 9.11. The Morgan fingerprint density at radius 3 is 2.58 bits per heavy atom. The van der Waals surface area contributed by atoms with Crippen LogP contribution in [0.5, 0.6) is 0 Å². The number of anilines is 1. The Labute approximate surface area is 142 Å². The number of aromatic nitrogens is 6. The lowest BCUT2D eigenvalue weighted by Gasteiger charge is -2.22. The smallest absolute Gasteiger partial charge is 0.157 e. The minimum Gasteiger partial charge on any atom is -0.360 e. The van der Waals surface area contributed by atoms with E-state index < -0.39 is 0 Å². The normalized spacial score (nSPS) is 13.1. The van der Waals surface area contributed by atoms with Crippen molar-refractivity contribution in [3.63, 3.8) is 0 Å². The first-order valence-corrected chi connectivity index (χ1v) is 8.40. The maximum atomic E-state index is 4.67. The number of nitrogens with zero attached hydrogens (tertiary/aromatic N) is 6. The van der Waals surface area contributed by atoms with E-state index in [0.717, 1.165) is 29.4 Å². The van der Waals surface area contributed by atoms with Crippen LogP contribution in [-0.4, -0.2) is 29.4 Å². The Morgan fingerprint density at radius 1 is 1.17 bits per heavy atom. The third-order valence-electron chi connectivity index (χ3n) is 4.06. The molecule has 3 aromatic heterocycles. The van der Waals surface area contributed by atoms with E-state index in [-0.39, 0.29) is 6.04 Å². The lowest BCUT2D eigenvalue weighted by Crippen LogP contribution is -2.20. The zero-order valence-electron chi connectivity index (χ0n) is 14.9. The Kier molecular flexibility index (Phi) is 4.51. The standard InChI is InChI=1S/C17H25N7/c1-11(2)8-14(17-18-10-20-23(17)5)22-16-9-13(12(3)4)21-15-6-7-19-24(15)16/h6-7,9-12,14,22H,8H2,1-5H3. The van der Waals surface area contributed by atoms with Crippen molar-refractivity contribution in [2.24, 2.45) is 13.0 Å². The van der Waals surface area contributed by atoms with Crippen LogP contribution >= 0.6 is 0 Å². The Balaban J connectivity index is 2.01. The van der Waals surface area contributed by atoms with E-state index >= 15 is 0 Å². The fourth-order valence-corrected chi connectivity index (χ4v) is 2.83. The molecule has 128 valence electrons. The summed E-state index contributed by atoms with van der Waals surface area (Å²) < 4.78 is 3.67. The van der Waals surface area contributed by atoms with Crippen LogP contribution in [0.15, 0.2) is 24.7 Å². The van der Waals surface area contributed by atoms with Crippen LogP contribution in [0.2, 0.25) is 0 Å².